The van der Waals surface area contributed by atoms with E-state index in [2.05, 4.69) is 0 Å². The van der Waals surface area contributed by atoms with Gasteiger partial charge in [-0.1, -0.05) is 34.8 Å². The second-order valence-electron chi connectivity index (χ2n) is 5.02. The molecule has 0 aliphatic carbocycles. The zero-order valence-corrected chi connectivity index (χ0v) is 15.8. The molecule has 0 unspecified atom stereocenters. The van der Waals surface area contributed by atoms with Gasteiger partial charge in [-0.25, -0.2) is 0 Å². The first-order chi connectivity index (χ1) is 11.0. The minimum absolute atomic E-state index is 0.684. The van der Waals surface area contributed by atoms with Gasteiger partial charge in [0.25, 0.3) is 0 Å². The summed E-state index contributed by atoms with van der Waals surface area (Å²) in [5, 5.41) is 5.16. The normalized spacial score (nSPS) is 11.5. The van der Waals surface area contributed by atoms with Gasteiger partial charge in [0.15, 0.2) is 0 Å². The van der Waals surface area contributed by atoms with E-state index in [9.17, 15) is 0 Å². The molecule has 0 heterocycles. The first-order valence-electron chi connectivity index (χ1n) is 6.87. The van der Waals surface area contributed by atoms with Gasteiger partial charge in [0, 0.05) is 15.1 Å². The van der Waals surface area contributed by atoms with Gasteiger partial charge in [-0.15, -0.1) is 0 Å². The van der Waals surface area contributed by atoms with Crippen molar-refractivity contribution < 1.29 is 0 Å². The molecule has 116 valence electrons. The van der Waals surface area contributed by atoms with Crippen LogP contribution in [0.1, 0.15) is 0 Å². The molecule has 0 amide bonds. The molecular formula is C18H12Cl4P+. The van der Waals surface area contributed by atoms with Crippen molar-refractivity contribution in [1.82, 2.24) is 0 Å². The van der Waals surface area contributed by atoms with Gasteiger partial charge >= 0.3 is 0 Å². The van der Waals surface area contributed by atoms with Crippen LogP contribution in [0.25, 0.3) is 0 Å². The molecule has 23 heavy (non-hydrogen) atoms. The molecule has 0 spiro atoms. The predicted molar refractivity (Wildman–Crippen MR) is 106 cm³/mol. The van der Waals surface area contributed by atoms with E-state index in [4.69, 9.17) is 46.0 Å². The fraction of sp³-hybridized carbons (Fsp3) is 0. The predicted octanol–water partition coefficient (Wildman–Crippen LogP) is 6.09. The Balaban J connectivity index is 2.21. The molecule has 5 heteroatoms. The Morgan fingerprint density at radius 2 is 0.652 bits per heavy atom. The lowest BCUT2D eigenvalue weighted by Crippen LogP contribution is -2.27. The lowest BCUT2D eigenvalue weighted by Gasteiger charge is -2.19. The van der Waals surface area contributed by atoms with Crippen LogP contribution in [0.2, 0.25) is 15.1 Å². The monoisotopic (exact) mass is 399 g/mol. The molecule has 3 aromatic carbocycles. The largest absolute Gasteiger partial charge is 0.210 e. The zero-order valence-electron chi connectivity index (χ0n) is 11.9. The molecule has 0 nitrogen and oxygen atoms in total. The van der Waals surface area contributed by atoms with E-state index in [1.807, 2.05) is 72.8 Å². The summed E-state index contributed by atoms with van der Waals surface area (Å²) < 4.78 is 0. The van der Waals surface area contributed by atoms with E-state index in [0.29, 0.717) is 15.1 Å². The average molecular weight is 401 g/mol. The van der Waals surface area contributed by atoms with Crippen molar-refractivity contribution in [3.8, 4) is 0 Å². The lowest BCUT2D eigenvalue weighted by molar-refractivity contribution is 1.73. The van der Waals surface area contributed by atoms with E-state index in [-0.39, 0.29) is 0 Å². The molecule has 0 bridgehead atoms. The number of benzene rings is 3. The van der Waals surface area contributed by atoms with Crippen molar-refractivity contribution in [1.29, 1.82) is 0 Å². The molecular weight excluding hydrogens is 389 g/mol. The van der Waals surface area contributed by atoms with Crippen LogP contribution >= 0.6 is 52.7 Å². The van der Waals surface area contributed by atoms with Crippen molar-refractivity contribution in [2.75, 3.05) is 0 Å². The highest BCUT2D eigenvalue weighted by molar-refractivity contribution is 8.14. The summed E-state index contributed by atoms with van der Waals surface area (Å²) in [4.78, 5) is 0. The topological polar surface area (TPSA) is 0 Å². The van der Waals surface area contributed by atoms with Crippen molar-refractivity contribution in [2.45, 2.75) is 0 Å². The highest BCUT2D eigenvalue weighted by Crippen LogP contribution is 2.60. The summed E-state index contributed by atoms with van der Waals surface area (Å²) in [7, 11) is 0. The molecule has 0 aromatic heterocycles. The Kier molecular flexibility index (Phi) is 5.21. The van der Waals surface area contributed by atoms with Crippen LogP contribution in [0, 0.1) is 0 Å². The Bertz CT molecular complexity index is 685. The molecule has 0 N–H and O–H groups in total. The van der Waals surface area contributed by atoms with Crippen LogP contribution in [0.5, 0.6) is 0 Å². The van der Waals surface area contributed by atoms with E-state index in [1.54, 1.807) is 0 Å². The summed E-state index contributed by atoms with van der Waals surface area (Å²) in [5.41, 5.74) is 0. The summed E-state index contributed by atoms with van der Waals surface area (Å²) >= 11 is 25.3. The van der Waals surface area contributed by atoms with Crippen molar-refractivity contribution in [2.24, 2.45) is 0 Å². The minimum atomic E-state index is -2.29. The van der Waals surface area contributed by atoms with Crippen LogP contribution < -0.4 is 15.9 Å². The molecule has 0 saturated heterocycles. The SMILES string of the molecule is Clc1ccc([P+](Cl)(c2ccc(Cl)cc2)c2ccc(Cl)cc2)cc1. The molecule has 0 aliphatic heterocycles. The number of halogens is 4. The van der Waals surface area contributed by atoms with Gasteiger partial charge in [0.1, 0.15) is 27.2 Å². The van der Waals surface area contributed by atoms with Crippen LogP contribution in [-0.4, -0.2) is 0 Å². The Hall–Kier alpha value is -0.750. The van der Waals surface area contributed by atoms with Gasteiger partial charge in [0.2, 0.25) is 6.62 Å². The maximum absolute atomic E-state index is 7.25. The van der Waals surface area contributed by atoms with Crippen molar-refractivity contribution >= 4 is 68.6 Å². The molecule has 0 aliphatic rings. The van der Waals surface area contributed by atoms with Crippen LogP contribution in [0.3, 0.4) is 0 Å². The Morgan fingerprint density at radius 1 is 0.435 bits per heavy atom. The number of hydrogen-bond donors (Lipinski definition) is 0. The maximum atomic E-state index is 7.25. The Labute approximate surface area is 156 Å². The molecule has 0 atom stereocenters. The van der Waals surface area contributed by atoms with E-state index in [0.717, 1.165) is 15.9 Å². The quantitative estimate of drug-likeness (QED) is 0.466. The van der Waals surface area contributed by atoms with Gasteiger partial charge in [-0.2, -0.15) is 0 Å². The van der Waals surface area contributed by atoms with Gasteiger partial charge < -0.3 is 0 Å². The van der Waals surface area contributed by atoms with Crippen molar-refractivity contribution in [3.05, 3.63) is 87.9 Å². The first kappa shape index (κ1) is 17.1. The van der Waals surface area contributed by atoms with Crippen LogP contribution in [-0.2, 0) is 0 Å². The van der Waals surface area contributed by atoms with E-state index >= 15 is 0 Å². The highest BCUT2D eigenvalue weighted by Gasteiger charge is 2.44. The molecule has 0 saturated carbocycles. The third-order valence-electron chi connectivity index (χ3n) is 3.55. The number of rotatable bonds is 3. The first-order valence-corrected chi connectivity index (χ1v) is 10.7. The second kappa shape index (κ2) is 7.01. The average Bonchev–Trinajstić information content (AvgIpc) is 2.56. The van der Waals surface area contributed by atoms with Gasteiger partial charge in [0.05, 0.1) is 0 Å². The molecule has 0 radical (unpaired) electrons. The maximum Gasteiger partial charge on any atom is 0.210 e. The Morgan fingerprint density at radius 3 is 0.870 bits per heavy atom. The molecule has 0 fully saturated rings. The summed E-state index contributed by atoms with van der Waals surface area (Å²) in [5.74, 6) is 0. The minimum Gasteiger partial charge on any atom is -0.0843 e. The summed E-state index contributed by atoms with van der Waals surface area (Å²) in [6, 6.07) is 23.0. The van der Waals surface area contributed by atoms with Crippen LogP contribution in [0.4, 0.5) is 0 Å². The zero-order chi connectivity index (χ0) is 16.4. The molecule has 3 aromatic rings. The van der Waals surface area contributed by atoms with Crippen LogP contribution in [0.15, 0.2) is 72.8 Å². The smallest absolute Gasteiger partial charge is 0.0843 e. The fourth-order valence-electron chi connectivity index (χ4n) is 2.39. The second-order valence-corrected chi connectivity index (χ2v) is 10.6. The molecule has 3 rings (SSSR count). The fourth-order valence-corrected chi connectivity index (χ4v) is 6.35. The number of hydrogen-bond acceptors (Lipinski definition) is 0. The summed E-state index contributed by atoms with van der Waals surface area (Å²) in [6.07, 6.45) is 0. The highest BCUT2D eigenvalue weighted by atomic mass is 35.7. The standard InChI is InChI=1S/C18H12Cl4P/c19-13-1-7-16(8-2-13)23(22,17-9-3-14(20)4-10-17)18-11-5-15(21)6-12-18/h1-12H/q+1. The third kappa shape index (κ3) is 3.53. The van der Waals surface area contributed by atoms with E-state index in [1.165, 1.54) is 0 Å². The third-order valence-corrected chi connectivity index (χ3v) is 9.09. The van der Waals surface area contributed by atoms with Crippen molar-refractivity contribution in [3.63, 3.8) is 0 Å². The lowest BCUT2D eigenvalue weighted by atomic mass is 10.3. The van der Waals surface area contributed by atoms with E-state index < -0.39 is 6.62 Å². The summed E-state index contributed by atoms with van der Waals surface area (Å²) in [6.45, 7) is -2.29. The van der Waals surface area contributed by atoms with Gasteiger partial charge in [-0.3, -0.25) is 0 Å². The van der Waals surface area contributed by atoms with Gasteiger partial charge in [-0.05, 0) is 72.8 Å².